The molecule has 0 spiro atoms. The number of nitrogens with one attached hydrogen (secondary N) is 3. The fourth-order valence-electron chi connectivity index (χ4n) is 3.04. The first-order valence-electron chi connectivity index (χ1n) is 11.2. The molecule has 0 saturated heterocycles. The maximum Gasteiger partial charge on any atom is 0.0957 e. The third-order valence-electron chi connectivity index (χ3n) is 4.11. The van der Waals surface area contributed by atoms with Crippen molar-refractivity contribution in [2.75, 3.05) is 13.1 Å². The maximum atomic E-state index is 4.10. The standard InChI is InChI=1S/C26H37N3.C2H6/c1-8-11-25(12-9-2)26(15-20(3)4)29-23(7)28-14-10-13-27-19-24-17-21(5)16-22(6)18-24;1-2/h8-9,11-12,15-18,27-29H,1,3,7,10,13-14,19H2,2,4-6H3;1-2H3/b12-9-,25-11+,26-15-;. The molecular weight excluding hydrogens is 378 g/mol. The van der Waals surface area contributed by atoms with Crippen LogP contribution in [0.1, 0.15) is 50.8 Å². The van der Waals surface area contributed by atoms with E-state index in [1.807, 2.05) is 52.0 Å². The largest absolute Gasteiger partial charge is 0.372 e. The van der Waals surface area contributed by atoms with Gasteiger partial charge in [-0.15, -0.1) is 0 Å². The average molecular weight is 422 g/mol. The molecule has 0 heterocycles. The highest BCUT2D eigenvalue weighted by Gasteiger charge is 2.03. The Balaban J connectivity index is 0.00000436. The SMILES string of the molecule is C=C/C=C(\C=C/C)C(=C/C(=C)C)/NC(=C)NCCCNCc1cc(C)cc(C)c1.CC. The molecule has 0 amide bonds. The lowest BCUT2D eigenvalue weighted by atomic mass is 10.1. The highest BCUT2D eigenvalue weighted by Crippen LogP contribution is 2.13. The fraction of sp³-hybridized carbons (Fsp3) is 0.357. The molecule has 3 N–H and O–H groups in total. The van der Waals surface area contributed by atoms with E-state index in [2.05, 4.69) is 67.7 Å². The summed E-state index contributed by atoms with van der Waals surface area (Å²) >= 11 is 0. The van der Waals surface area contributed by atoms with E-state index in [-0.39, 0.29) is 0 Å². The second-order valence-corrected chi connectivity index (χ2v) is 7.32. The van der Waals surface area contributed by atoms with Gasteiger partial charge in [-0.1, -0.05) is 92.8 Å². The van der Waals surface area contributed by atoms with Crippen molar-refractivity contribution in [3.05, 3.63) is 108 Å². The Morgan fingerprint density at radius 2 is 1.68 bits per heavy atom. The predicted octanol–water partition coefficient (Wildman–Crippen LogP) is 6.61. The van der Waals surface area contributed by atoms with Crippen LogP contribution in [0.5, 0.6) is 0 Å². The molecule has 0 bridgehead atoms. The van der Waals surface area contributed by atoms with Gasteiger partial charge >= 0.3 is 0 Å². The van der Waals surface area contributed by atoms with Crippen LogP contribution >= 0.6 is 0 Å². The van der Waals surface area contributed by atoms with Crippen LogP contribution in [0.2, 0.25) is 0 Å². The topological polar surface area (TPSA) is 36.1 Å². The van der Waals surface area contributed by atoms with Gasteiger partial charge in [-0.2, -0.15) is 0 Å². The Morgan fingerprint density at radius 3 is 2.23 bits per heavy atom. The monoisotopic (exact) mass is 421 g/mol. The highest BCUT2D eigenvalue weighted by molar-refractivity contribution is 5.44. The number of hydrogen-bond acceptors (Lipinski definition) is 3. The molecule has 0 aromatic heterocycles. The Hall–Kier alpha value is -2.78. The van der Waals surface area contributed by atoms with Gasteiger partial charge in [-0.3, -0.25) is 0 Å². The molecule has 0 unspecified atom stereocenters. The quantitative estimate of drug-likeness (QED) is 0.248. The molecule has 170 valence electrons. The summed E-state index contributed by atoms with van der Waals surface area (Å²) < 4.78 is 0. The molecule has 0 saturated carbocycles. The molecule has 1 aromatic carbocycles. The average Bonchev–Trinajstić information content (AvgIpc) is 2.70. The van der Waals surface area contributed by atoms with Crippen LogP contribution in [-0.2, 0) is 6.54 Å². The van der Waals surface area contributed by atoms with Crippen LogP contribution < -0.4 is 16.0 Å². The van der Waals surface area contributed by atoms with Gasteiger partial charge in [0.2, 0.25) is 0 Å². The number of rotatable bonds is 13. The molecule has 0 aliphatic rings. The van der Waals surface area contributed by atoms with Crippen molar-refractivity contribution in [3.8, 4) is 0 Å². The number of aryl methyl sites for hydroxylation is 2. The Labute approximate surface area is 191 Å². The lowest BCUT2D eigenvalue weighted by Gasteiger charge is -2.16. The van der Waals surface area contributed by atoms with E-state index in [4.69, 9.17) is 0 Å². The maximum absolute atomic E-state index is 4.10. The minimum absolute atomic E-state index is 0.770. The smallest absolute Gasteiger partial charge is 0.0957 e. The van der Waals surface area contributed by atoms with Crippen LogP contribution in [0.15, 0.2) is 91.0 Å². The van der Waals surface area contributed by atoms with Crippen LogP contribution in [0.3, 0.4) is 0 Å². The molecule has 31 heavy (non-hydrogen) atoms. The van der Waals surface area contributed by atoms with Crippen molar-refractivity contribution in [1.29, 1.82) is 0 Å². The van der Waals surface area contributed by atoms with Crippen LogP contribution in [0.4, 0.5) is 0 Å². The molecular formula is C28H43N3. The van der Waals surface area contributed by atoms with E-state index in [1.54, 1.807) is 6.08 Å². The molecule has 0 radical (unpaired) electrons. The van der Waals surface area contributed by atoms with Crippen molar-refractivity contribution in [2.45, 2.75) is 54.5 Å². The Morgan fingerprint density at radius 1 is 1.03 bits per heavy atom. The molecule has 1 aromatic rings. The molecule has 1 rings (SSSR count). The van der Waals surface area contributed by atoms with Crippen LogP contribution in [0, 0.1) is 13.8 Å². The van der Waals surface area contributed by atoms with Crippen molar-refractivity contribution >= 4 is 0 Å². The molecule has 0 aliphatic carbocycles. The summed E-state index contributed by atoms with van der Waals surface area (Å²) in [6.07, 6.45) is 10.8. The number of benzene rings is 1. The zero-order valence-corrected chi connectivity index (χ0v) is 20.6. The van der Waals surface area contributed by atoms with Crippen molar-refractivity contribution in [3.63, 3.8) is 0 Å². The minimum Gasteiger partial charge on any atom is -0.372 e. The van der Waals surface area contributed by atoms with E-state index >= 15 is 0 Å². The van der Waals surface area contributed by atoms with Gasteiger partial charge in [0.15, 0.2) is 0 Å². The first-order valence-corrected chi connectivity index (χ1v) is 11.2. The van der Waals surface area contributed by atoms with Gasteiger partial charge in [0.1, 0.15) is 0 Å². The van der Waals surface area contributed by atoms with E-state index in [9.17, 15) is 0 Å². The predicted molar refractivity (Wildman–Crippen MR) is 140 cm³/mol. The summed E-state index contributed by atoms with van der Waals surface area (Å²) in [5.41, 5.74) is 6.90. The van der Waals surface area contributed by atoms with E-state index < -0.39 is 0 Å². The molecule has 3 heteroatoms. The van der Waals surface area contributed by atoms with Crippen LogP contribution in [-0.4, -0.2) is 13.1 Å². The lowest BCUT2D eigenvalue weighted by molar-refractivity contribution is 0.616. The van der Waals surface area contributed by atoms with E-state index in [0.29, 0.717) is 0 Å². The van der Waals surface area contributed by atoms with Crippen molar-refractivity contribution < 1.29 is 0 Å². The minimum atomic E-state index is 0.770. The van der Waals surface area contributed by atoms with Crippen molar-refractivity contribution in [1.82, 2.24) is 16.0 Å². The number of allylic oxidation sites excluding steroid dienone is 6. The summed E-state index contributed by atoms with van der Waals surface area (Å²) in [6, 6.07) is 6.67. The first kappa shape index (κ1) is 28.2. The zero-order chi connectivity index (χ0) is 23.6. The molecule has 0 atom stereocenters. The van der Waals surface area contributed by atoms with Gasteiger partial charge in [0.05, 0.1) is 5.82 Å². The molecule has 0 aliphatic heterocycles. The third-order valence-corrected chi connectivity index (χ3v) is 4.11. The zero-order valence-electron chi connectivity index (χ0n) is 20.6. The normalized spacial score (nSPS) is 11.5. The number of hydrogen-bond donors (Lipinski definition) is 3. The van der Waals surface area contributed by atoms with Crippen molar-refractivity contribution in [2.24, 2.45) is 0 Å². The summed E-state index contributed by atoms with van der Waals surface area (Å²) in [6.45, 7) is 26.8. The molecule has 0 fully saturated rings. The second-order valence-electron chi connectivity index (χ2n) is 7.32. The fourth-order valence-corrected chi connectivity index (χ4v) is 3.04. The van der Waals surface area contributed by atoms with E-state index in [1.165, 1.54) is 16.7 Å². The Kier molecular flexibility index (Phi) is 15.4. The van der Waals surface area contributed by atoms with Gasteiger partial charge in [-0.05, 0) is 57.9 Å². The van der Waals surface area contributed by atoms with Crippen LogP contribution in [0.25, 0.3) is 0 Å². The third kappa shape index (κ3) is 13.2. The van der Waals surface area contributed by atoms with Gasteiger partial charge in [-0.25, -0.2) is 0 Å². The Bertz CT molecular complexity index is 774. The second kappa shape index (κ2) is 17.0. The summed E-state index contributed by atoms with van der Waals surface area (Å²) in [7, 11) is 0. The van der Waals surface area contributed by atoms with E-state index in [0.717, 1.165) is 48.7 Å². The lowest BCUT2D eigenvalue weighted by Crippen LogP contribution is -2.28. The van der Waals surface area contributed by atoms with Gasteiger partial charge < -0.3 is 16.0 Å². The first-order chi connectivity index (χ1) is 14.8. The van der Waals surface area contributed by atoms with Gasteiger partial charge in [0, 0.05) is 18.8 Å². The molecule has 3 nitrogen and oxygen atoms in total. The highest BCUT2D eigenvalue weighted by atomic mass is 15.1. The summed E-state index contributed by atoms with van der Waals surface area (Å²) in [5.74, 6) is 0.770. The summed E-state index contributed by atoms with van der Waals surface area (Å²) in [4.78, 5) is 0. The summed E-state index contributed by atoms with van der Waals surface area (Å²) in [5, 5.41) is 10.2. The van der Waals surface area contributed by atoms with Gasteiger partial charge in [0.25, 0.3) is 0 Å².